The van der Waals surface area contributed by atoms with Gasteiger partial charge in [-0.25, -0.2) is 12.7 Å². The number of carbonyl (C=O) groups excluding carboxylic acids is 1. The number of fused-ring (bicyclic) bond motifs is 1. The summed E-state index contributed by atoms with van der Waals surface area (Å²) in [6.45, 7) is 2.01. The van der Waals surface area contributed by atoms with Gasteiger partial charge in [0.05, 0.1) is 21.2 Å². The molecule has 1 aromatic heterocycles. The van der Waals surface area contributed by atoms with Crippen LogP contribution in [0.25, 0.3) is 10.8 Å². The standard InChI is InChI=1S/C23H25ClN4O3S/c1-27(2)32(30,31)16-6-7-20(24)18(14-16)23(29)26-21-8-9-22(28-12-4-3-5-13-28)17-10-11-25-15-19(17)21/h6-11,14-15H,3-5,12-13H2,1-2H3,(H,26,29). The molecule has 2 aromatic carbocycles. The molecule has 0 radical (unpaired) electrons. The number of hydrogen-bond donors (Lipinski definition) is 1. The van der Waals surface area contributed by atoms with Gasteiger partial charge in [0, 0.05) is 56.0 Å². The molecule has 4 rings (SSSR count). The number of benzene rings is 2. The molecule has 1 N–H and O–H groups in total. The predicted octanol–water partition coefficient (Wildman–Crippen LogP) is 4.38. The van der Waals surface area contributed by atoms with Crippen molar-refractivity contribution in [3.63, 3.8) is 0 Å². The Hall–Kier alpha value is -2.68. The smallest absolute Gasteiger partial charge is 0.257 e. The van der Waals surface area contributed by atoms with Crippen LogP contribution < -0.4 is 10.2 Å². The predicted molar refractivity (Wildman–Crippen MR) is 128 cm³/mol. The number of sulfonamides is 1. The Labute approximate surface area is 193 Å². The van der Waals surface area contributed by atoms with Crippen molar-refractivity contribution in [1.82, 2.24) is 9.29 Å². The van der Waals surface area contributed by atoms with Gasteiger partial charge in [0.25, 0.3) is 5.91 Å². The largest absolute Gasteiger partial charge is 0.371 e. The summed E-state index contributed by atoms with van der Waals surface area (Å²) >= 11 is 6.24. The Morgan fingerprint density at radius 1 is 1.06 bits per heavy atom. The molecule has 2 heterocycles. The van der Waals surface area contributed by atoms with Gasteiger partial charge < -0.3 is 10.2 Å². The first-order valence-electron chi connectivity index (χ1n) is 10.4. The first-order valence-corrected chi connectivity index (χ1v) is 12.3. The lowest BCUT2D eigenvalue weighted by molar-refractivity contribution is 0.102. The lowest BCUT2D eigenvalue weighted by Crippen LogP contribution is -2.29. The van der Waals surface area contributed by atoms with Crippen LogP contribution in [0.1, 0.15) is 29.6 Å². The molecule has 32 heavy (non-hydrogen) atoms. The van der Waals surface area contributed by atoms with Crippen LogP contribution in [-0.2, 0) is 10.0 Å². The van der Waals surface area contributed by atoms with Crippen molar-refractivity contribution in [2.24, 2.45) is 0 Å². The van der Waals surface area contributed by atoms with Gasteiger partial charge >= 0.3 is 0 Å². The zero-order chi connectivity index (χ0) is 22.9. The zero-order valence-corrected chi connectivity index (χ0v) is 19.6. The van der Waals surface area contributed by atoms with Gasteiger partial charge in [0.15, 0.2) is 0 Å². The molecule has 1 aliphatic heterocycles. The van der Waals surface area contributed by atoms with Crippen LogP contribution in [0.5, 0.6) is 0 Å². The Bertz CT molecular complexity index is 1270. The van der Waals surface area contributed by atoms with Gasteiger partial charge in [-0.05, 0) is 55.7 Å². The fraction of sp³-hybridized carbons (Fsp3) is 0.304. The van der Waals surface area contributed by atoms with Crippen LogP contribution in [-0.4, -0.2) is 50.8 Å². The van der Waals surface area contributed by atoms with E-state index in [2.05, 4.69) is 15.2 Å². The van der Waals surface area contributed by atoms with Gasteiger partial charge in [-0.2, -0.15) is 0 Å². The molecule has 0 unspecified atom stereocenters. The normalized spacial score (nSPS) is 14.7. The highest BCUT2D eigenvalue weighted by atomic mass is 35.5. The van der Waals surface area contributed by atoms with Gasteiger partial charge in [-0.1, -0.05) is 11.6 Å². The van der Waals surface area contributed by atoms with E-state index in [1.807, 2.05) is 18.2 Å². The quantitative estimate of drug-likeness (QED) is 0.595. The number of carbonyl (C=O) groups is 1. The maximum atomic E-state index is 13.1. The summed E-state index contributed by atoms with van der Waals surface area (Å²) in [6.07, 6.45) is 7.04. The molecule has 168 valence electrons. The van der Waals surface area contributed by atoms with E-state index >= 15 is 0 Å². The highest BCUT2D eigenvalue weighted by molar-refractivity contribution is 7.89. The van der Waals surface area contributed by atoms with E-state index in [0.717, 1.165) is 46.7 Å². The summed E-state index contributed by atoms with van der Waals surface area (Å²) in [5.74, 6) is -0.485. The number of hydrogen-bond acceptors (Lipinski definition) is 5. The molecule has 0 aliphatic carbocycles. The number of piperidine rings is 1. The first kappa shape index (κ1) is 22.5. The van der Waals surface area contributed by atoms with Crippen molar-refractivity contribution in [3.05, 3.63) is 59.4 Å². The molecule has 0 atom stereocenters. The third-order valence-corrected chi connectivity index (χ3v) is 7.84. The van der Waals surface area contributed by atoms with Crippen LogP contribution in [0.3, 0.4) is 0 Å². The van der Waals surface area contributed by atoms with Crippen molar-refractivity contribution < 1.29 is 13.2 Å². The van der Waals surface area contributed by atoms with Crippen molar-refractivity contribution in [2.75, 3.05) is 37.4 Å². The van der Waals surface area contributed by atoms with Crippen LogP contribution in [0, 0.1) is 0 Å². The number of halogens is 1. The number of aromatic nitrogens is 1. The average Bonchev–Trinajstić information content (AvgIpc) is 2.80. The van der Waals surface area contributed by atoms with Crippen molar-refractivity contribution in [1.29, 1.82) is 0 Å². The minimum absolute atomic E-state index is 0.00372. The highest BCUT2D eigenvalue weighted by Gasteiger charge is 2.22. The maximum absolute atomic E-state index is 13.1. The lowest BCUT2D eigenvalue weighted by Gasteiger charge is -2.30. The molecule has 1 fully saturated rings. The minimum Gasteiger partial charge on any atom is -0.371 e. The van der Waals surface area contributed by atoms with Gasteiger partial charge in [0.1, 0.15) is 0 Å². The fourth-order valence-corrected chi connectivity index (χ4v) is 5.06. The van der Waals surface area contributed by atoms with Gasteiger partial charge in [0.2, 0.25) is 10.0 Å². The lowest BCUT2D eigenvalue weighted by atomic mass is 10.0. The van der Waals surface area contributed by atoms with E-state index in [1.165, 1.54) is 38.7 Å². The van der Waals surface area contributed by atoms with Gasteiger partial charge in [-0.3, -0.25) is 9.78 Å². The van der Waals surface area contributed by atoms with Crippen LogP contribution in [0.15, 0.2) is 53.7 Å². The van der Waals surface area contributed by atoms with Crippen molar-refractivity contribution in [2.45, 2.75) is 24.2 Å². The van der Waals surface area contributed by atoms with E-state index in [4.69, 9.17) is 11.6 Å². The molecular weight excluding hydrogens is 448 g/mol. The Balaban J connectivity index is 1.69. The second-order valence-electron chi connectivity index (χ2n) is 7.98. The van der Waals surface area contributed by atoms with Crippen molar-refractivity contribution in [3.8, 4) is 0 Å². The maximum Gasteiger partial charge on any atom is 0.257 e. The third-order valence-electron chi connectivity index (χ3n) is 5.70. The summed E-state index contributed by atoms with van der Waals surface area (Å²) < 4.78 is 26.0. The van der Waals surface area contributed by atoms with Crippen LogP contribution in [0.2, 0.25) is 5.02 Å². The van der Waals surface area contributed by atoms with E-state index in [-0.39, 0.29) is 15.5 Å². The molecule has 3 aromatic rings. The summed E-state index contributed by atoms with van der Waals surface area (Å²) in [5.41, 5.74) is 1.81. The van der Waals surface area contributed by atoms with E-state index in [9.17, 15) is 13.2 Å². The molecular formula is C23H25ClN4O3S. The summed E-state index contributed by atoms with van der Waals surface area (Å²) in [5, 5.41) is 4.89. The second kappa shape index (κ2) is 9.05. The summed E-state index contributed by atoms with van der Waals surface area (Å²) in [6, 6.07) is 9.94. The highest BCUT2D eigenvalue weighted by Crippen LogP contribution is 2.34. The Kier molecular flexibility index (Phi) is 6.37. The van der Waals surface area contributed by atoms with Crippen LogP contribution in [0.4, 0.5) is 11.4 Å². The molecule has 0 saturated carbocycles. The first-order chi connectivity index (χ1) is 15.3. The fourth-order valence-electron chi connectivity index (χ4n) is 3.93. The number of rotatable bonds is 5. The van der Waals surface area contributed by atoms with E-state index in [0.29, 0.717) is 5.69 Å². The molecule has 1 saturated heterocycles. The number of amides is 1. The van der Waals surface area contributed by atoms with Crippen molar-refractivity contribution >= 4 is 49.7 Å². The topological polar surface area (TPSA) is 82.6 Å². The average molecular weight is 473 g/mol. The summed E-state index contributed by atoms with van der Waals surface area (Å²) in [4.78, 5) is 19.7. The molecule has 0 spiro atoms. The molecule has 9 heteroatoms. The number of pyridine rings is 1. The summed E-state index contributed by atoms with van der Waals surface area (Å²) in [7, 11) is -0.822. The van der Waals surface area contributed by atoms with E-state index < -0.39 is 15.9 Å². The molecule has 0 bridgehead atoms. The van der Waals surface area contributed by atoms with Crippen LogP contribution >= 0.6 is 11.6 Å². The second-order valence-corrected chi connectivity index (χ2v) is 10.5. The SMILES string of the molecule is CN(C)S(=O)(=O)c1ccc(Cl)c(C(=O)Nc2ccc(N3CCCCC3)c3ccncc23)c1. The van der Waals surface area contributed by atoms with E-state index in [1.54, 1.807) is 12.4 Å². The van der Waals surface area contributed by atoms with Gasteiger partial charge in [-0.15, -0.1) is 0 Å². The zero-order valence-electron chi connectivity index (χ0n) is 18.0. The number of anilines is 2. The number of nitrogens with one attached hydrogen (secondary N) is 1. The monoisotopic (exact) mass is 472 g/mol. The molecule has 7 nitrogen and oxygen atoms in total. The molecule has 1 aliphatic rings. The number of nitrogens with zero attached hydrogens (tertiary/aromatic N) is 3. The third kappa shape index (κ3) is 4.30. The Morgan fingerprint density at radius 2 is 1.81 bits per heavy atom. The Morgan fingerprint density at radius 3 is 2.53 bits per heavy atom. The molecule has 1 amide bonds. The minimum atomic E-state index is -3.70.